The number of carbonyl (C=O) groups excluding carboxylic acids is 1. The van der Waals surface area contributed by atoms with Gasteiger partial charge in [0, 0.05) is 20.2 Å². The third-order valence-corrected chi connectivity index (χ3v) is 2.74. The molecule has 8 heteroatoms. The van der Waals surface area contributed by atoms with E-state index < -0.39 is 5.91 Å². The summed E-state index contributed by atoms with van der Waals surface area (Å²) in [5, 5.41) is 3.57. The minimum absolute atomic E-state index is 0. The summed E-state index contributed by atoms with van der Waals surface area (Å²) in [7, 11) is 3.15. The van der Waals surface area contributed by atoms with Gasteiger partial charge in [0.2, 0.25) is 0 Å². The average molecular weight is 338 g/mol. The molecule has 0 aliphatic heterocycles. The summed E-state index contributed by atoms with van der Waals surface area (Å²) in [5.41, 5.74) is 5.98. The van der Waals surface area contributed by atoms with Crippen LogP contribution in [0.3, 0.4) is 0 Å². The molecule has 120 valence electrons. The minimum Gasteiger partial charge on any atom is -1.00 e. The second-order valence-corrected chi connectivity index (χ2v) is 4.44. The first-order valence-electron chi connectivity index (χ1n) is 6.05. The molecular formula is C13H19Cl2N2O4-. The summed E-state index contributed by atoms with van der Waals surface area (Å²) < 4.78 is 15.4. The molecule has 1 aromatic carbocycles. The van der Waals surface area contributed by atoms with Crippen LogP contribution in [0, 0.1) is 0 Å². The van der Waals surface area contributed by atoms with Crippen LogP contribution >= 0.6 is 11.6 Å². The number of ether oxygens (including phenoxy) is 3. The van der Waals surface area contributed by atoms with Crippen molar-refractivity contribution < 1.29 is 31.4 Å². The smallest absolute Gasteiger partial charge is 0.255 e. The fourth-order valence-corrected chi connectivity index (χ4v) is 1.85. The van der Waals surface area contributed by atoms with Crippen LogP contribution in [0.15, 0.2) is 12.1 Å². The van der Waals surface area contributed by atoms with Gasteiger partial charge in [-0.1, -0.05) is 11.6 Å². The first kappa shape index (κ1) is 19.8. The Hall–Kier alpha value is -1.21. The molecule has 3 N–H and O–H groups in total. The second kappa shape index (κ2) is 10.5. The summed E-state index contributed by atoms with van der Waals surface area (Å²) in [4.78, 5) is 10.7. The van der Waals surface area contributed by atoms with E-state index in [2.05, 4.69) is 5.32 Å². The van der Waals surface area contributed by atoms with Gasteiger partial charge in [-0.25, -0.2) is 0 Å². The number of hydrogen-bond acceptors (Lipinski definition) is 5. The number of nitrogens with two attached hydrogens (primary N) is 1. The number of primary amides is 1. The van der Waals surface area contributed by atoms with Gasteiger partial charge in [0.15, 0.2) is 18.1 Å². The Labute approximate surface area is 135 Å². The van der Waals surface area contributed by atoms with E-state index >= 15 is 0 Å². The summed E-state index contributed by atoms with van der Waals surface area (Å²) in [6.45, 7) is 1.73. The molecule has 0 heterocycles. The highest BCUT2D eigenvalue weighted by Crippen LogP contribution is 2.36. The Morgan fingerprint density at radius 1 is 1.38 bits per heavy atom. The number of carbonyl (C=O) groups is 1. The molecule has 0 spiro atoms. The van der Waals surface area contributed by atoms with Crippen LogP contribution in [0.4, 0.5) is 0 Å². The second-order valence-electron chi connectivity index (χ2n) is 4.03. The van der Waals surface area contributed by atoms with Gasteiger partial charge >= 0.3 is 0 Å². The Bertz CT molecular complexity index is 458. The molecule has 1 rings (SSSR count). The van der Waals surface area contributed by atoms with E-state index in [4.69, 9.17) is 31.5 Å². The molecule has 0 saturated carbocycles. The molecule has 21 heavy (non-hydrogen) atoms. The highest BCUT2D eigenvalue weighted by atomic mass is 35.5. The van der Waals surface area contributed by atoms with Gasteiger partial charge in [-0.2, -0.15) is 0 Å². The first-order valence-corrected chi connectivity index (χ1v) is 6.43. The summed E-state index contributed by atoms with van der Waals surface area (Å²) in [6, 6.07) is 3.54. The number of benzene rings is 1. The Balaban J connectivity index is 0.00000400. The largest absolute Gasteiger partial charge is 1.00 e. The standard InChI is InChI=1S/C13H19ClN2O4.ClH/c1-18-4-3-16-7-9-5-10(14)13(11(6-9)19-2)20-8-12(15)17;/h5-6,16H,3-4,7-8H2,1-2H3,(H2,15,17);1H/p-1. The zero-order chi connectivity index (χ0) is 15.0. The molecule has 1 amide bonds. The van der Waals surface area contributed by atoms with Gasteiger partial charge in [0.25, 0.3) is 5.91 Å². The zero-order valence-electron chi connectivity index (χ0n) is 11.9. The van der Waals surface area contributed by atoms with Gasteiger partial charge in [-0.15, -0.1) is 0 Å². The van der Waals surface area contributed by atoms with Crippen molar-refractivity contribution in [1.29, 1.82) is 0 Å². The summed E-state index contributed by atoms with van der Waals surface area (Å²) >= 11 is 6.13. The number of nitrogens with one attached hydrogen (secondary N) is 1. The zero-order valence-corrected chi connectivity index (χ0v) is 13.5. The Morgan fingerprint density at radius 2 is 2.10 bits per heavy atom. The highest BCUT2D eigenvalue weighted by Gasteiger charge is 2.12. The van der Waals surface area contributed by atoms with Crippen molar-refractivity contribution in [2.24, 2.45) is 5.73 Å². The van der Waals surface area contributed by atoms with Crippen LogP contribution in [0.1, 0.15) is 5.56 Å². The fourth-order valence-electron chi connectivity index (χ4n) is 1.57. The lowest BCUT2D eigenvalue weighted by Crippen LogP contribution is -3.00. The average Bonchev–Trinajstić information content (AvgIpc) is 2.41. The van der Waals surface area contributed by atoms with Crippen LogP contribution in [0.2, 0.25) is 5.02 Å². The lowest BCUT2D eigenvalue weighted by molar-refractivity contribution is -0.119. The van der Waals surface area contributed by atoms with Crippen LogP contribution in [-0.4, -0.2) is 39.9 Å². The molecule has 6 nitrogen and oxygen atoms in total. The van der Waals surface area contributed by atoms with Crippen LogP contribution in [0.25, 0.3) is 0 Å². The summed E-state index contributed by atoms with van der Waals surface area (Å²) in [5.74, 6) is 0.198. The molecule has 0 atom stereocenters. The van der Waals surface area contributed by atoms with Crippen molar-refractivity contribution in [3.8, 4) is 11.5 Å². The fraction of sp³-hybridized carbons (Fsp3) is 0.462. The molecule has 0 aromatic heterocycles. The third kappa shape index (κ3) is 6.86. The van der Waals surface area contributed by atoms with Crippen molar-refractivity contribution in [3.05, 3.63) is 22.7 Å². The molecule has 0 bridgehead atoms. The predicted octanol–water partition coefficient (Wildman–Crippen LogP) is -2.05. The van der Waals surface area contributed by atoms with E-state index in [1.165, 1.54) is 7.11 Å². The number of hydrogen-bond donors (Lipinski definition) is 2. The van der Waals surface area contributed by atoms with Crippen molar-refractivity contribution in [1.82, 2.24) is 5.32 Å². The number of rotatable bonds is 9. The van der Waals surface area contributed by atoms with Crippen molar-refractivity contribution in [3.63, 3.8) is 0 Å². The topological polar surface area (TPSA) is 82.8 Å². The minimum atomic E-state index is -0.576. The molecule has 1 aromatic rings. The number of methoxy groups -OCH3 is 2. The maximum absolute atomic E-state index is 10.7. The maximum Gasteiger partial charge on any atom is 0.255 e. The van der Waals surface area contributed by atoms with Gasteiger partial charge in [0.1, 0.15) is 0 Å². The highest BCUT2D eigenvalue weighted by molar-refractivity contribution is 6.32. The van der Waals surface area contributed by atoms with E-state index in [1.807, 2.05) is 0 Å². The normalized spacial score (nSPS) is 9.86. The summed E-state index contributed by atoms with van der Waals surface area (Å²) in [6.07, 6.45) is 0. The van der Waals surface area contributed by atoms with Gasteiger partial charge < -0.3 is 37.7 Å². The van der Waals surface area contributed by atoms with Crippen LogP contribution in [-0.2, 0) is 16.1 Å². The number of amides is 1. The van der Waals surface area contributed by atoms with E-state index in [9.17, 15) is 4.79 Å². The molecular weight excluding hydrogens is 319 g/mol. The van der Waals surface area contributed by atoms with Crippen LogP contribution < -0.4 is 32.9 Å². The predicted molar refractivity (Wildman–Crippen MR) is 76.3 cm³/mol. The van der Waals surface area contributed by atoms with E-state index in [0.717, 1.165) is 12.1 Å². The van der Waals surface area contributed by atoms with E-state index in [-0.39, 0.29) is 19.0 Å². The van der Waals surface area contributed by atoms with Crippen molar-refractivity contribution in [2.75, 3.05) is 34.0 Å². The molecule has 0 radical (unpaired) electrons. The lowest BCUT2D eigenvalue weighted by atomic mass is 10.2. The number of halogens is 2. The van der Waals surface area contributed by atoms with Gasteiger partial charge in [0.05, 0.1) is 18.7 Å². The molecule has 0 saturated heterocycles. The van der Waals surface area contributed by atoms with Gasteiger partial charge in [-0.05, 0) is 17.7 Å². The quantitative estimate of drug-likeness (QED) is 0.507. The maximum atomic E-state index is 10.7. The Morgan fingerprint density at radius 3 is 2.67 bits per heavy atom. The van der Waals surface area contributed by atoms with Crippen LogP contribution in [0.5, 0.6) is 11.5 Å². The Kier molecular flexibility index (Phi) is 9.90. The SMILES string of the molecule is COCCNCc1cc(Cl)c(OCC(N)=O)c(OC)c1.[Cl-]. The first-order chi connectivity index (χ1) is 9.58. The third-order valence-electron chi connectivity index (χ3n) is 2.46. The molecule has 0 fully saturated rings. The lowest BCUT2D eigenvalue weighted by Gasteiger charge is -2.13. The molecule has 0 aliphatic rings. The van der Waals surface area contributed by atoms with Crippen molar-refractivity contribution in [2.45, 2.75) is 6.54 Å². The van der Waals surface area contributed by atoms with Gasteiger partial charge in [-0.3, -0.25) is 4.79 Å². The van der Waals surface area contributed by atoms with E-state index in [1.54, 1.807) is 19.2 Å². The monoisotopic (exact) mass is 337 g/mol. The molecule has 0 unspecified atom stereocenters. The molecule has 0 aliphatic carbocycles. The van der Waals surface area contributed by atoms with E-state index in [0.29, 0.717) is 29.7 Å². The van der Waals surface area contributed by atoms with Crippen molar-refractivity contribution >= 4 is 17.5 Å².